The molecule has 0 atom stereocenters. The molecule has 126 valence electrons. The minimum atomic E-state index is -0.325. The molecule has 0 N–H and O–H groups in total. The second-order valence-electron chi connectivity index (χ2n) is 4.87. The number of ether oxygens (including phenoxy) is 2. The Kier molecular flexibility index (Phi) is 5.76. The molecule has 0 unspecified atom stereocenters. The molecule has 0 amide bonds. The molecule has 0 fully saturated rings. The number of imidazole rings is 1. The third-order valence-corrected chi connectivity index (χ3v) is 3.44. The van der Waals surface area contributed by atoms with Gasteiger partial charge >= 0.3 is 5.97 Å². The Morgan fingerprint density at radius 3 is 2.75 bits per heavy atom. The van der Waals surface area contributed by atoms with E-state index in [0.29, 0.717) is 23.8 Å². The fourth-order valence-corrected chi connectivity index (χ4v) is 2.48. The van der Waals surface area contributed by atoms with Crippen LogP contribution in [0.5, 0.6) is 5.75 Å². The van der Waals surface area contributed by atoms with Crippen molar-refractivity contribution in [2.75, 3.05) is 13.7 Å². The number of methoxy groups -OCH3 is 1. The topological polar surface area (TPSA) is 66.2 Å². The highest BCUT2D eigenvalue weighted by molar-refractivity contribution is 5.85. The van der Waals surface area contributed by atoms with Crippen LogP contribution in [0.1, 0.15) is 6.92 Å². The van der Waals surface area contributed by atoms with Crippen LogP contribution < -0.4 is 4.74 Å². The molecule has 0 bridgehead atoms. The summed E-state index contributed by atoms with van der Waals surface area (Å²) in [5.41, 5.74) is 2.16. The number of nitrogens with zero attached hydrogens (tertiary/aromatic N) is 3. The fraction of sp³-hybridized carbons (Fsp3) is 0.235. The van der Waals surface area contributed by atoms with E-state index >= 15 is 0 Å². The number of carbonyl (C=O) groups excluding carboxylic acids is 1. The van der Waals surface area contributed by atoms with Crippen LogP contribution in [0.2, 0.25) is 0 Å². The number of fused-ring (bicyclic) bond motifs is 1. The van der Waals surface area contributed by atoms with Crippen molar-refractivity contribution < 1.29 is 14.3 Å². The highest BCUT2D eigenvalue weighted by Gasteiger charge is 2.18. The van der Waals surface area contributed by atoms with E-state index in [1.54, 1.807) is 24.8 Å². The Morgan fingerprint density at radius 1 is 1.21 bits per heavy atom. The lowest BCUT2D eigenvalue weighted by Gasteiger charge is -2.11. The summed E-state index contributed by atoms with van der Waals surface area (Å²) >= 11 is 0. The average molecular weight is 348 g/mol. The third kappa shape index (κ3) is 3.33. The summed E-state index contributed by atoms with van der Waals surface area (Å²) in [7, 11) is 1.61. The second-order valence-corrected chi connectivity index (χ2v) is 4.87. The summed E-state index contributed by atoms with van der Waals surface area (Å²) in [6.07, 6.45) is 1.68. The summed E-state index contributed by atoms with van der Waals surface area (Å²) in [6.45, 7) is 2.17. The van der Waals surface area contributed by atoms with E-state index in [-0.39, 0.29) is 24.9 Å². The number of carbonyl (C=O) groups is 1. The maximum absolute atomic E-state index is 12.0. The van der Waals surface area contributed by atoms with Crippen molar-refractivity contribution in [1.82, 2.24) is 14.5 Å². The van der Waals surface area contributed by atoms with Crippen LogP contribution in [0, 0.1) is 0 Å². The van der Waals surface area contributed by atoms with E-state index in [1.165, 1.54) is 0 Å². The van der Waals surface area contributed by atoms with Crippen molar-refractivity contribution in [2.24, 2.45) is 0 Å². The molecule has 0 aliphatic rings. The molecule has 7 heteroatoms. The molecule has 2 aromatic heterocycles. The Labute approximate surface area is 145 Å². The quantitative estimate of drug-likeness (QED) is 0.663. The van der Waals surface area contributed by atoms with E-state index in [1.807, 2.05) is 36.4 Å². The second kappa shape index (κ2) is 7.79. The zero-order valence-electron chi connectivity index (χ0n) is 13.4. The summed E-state index contributed by atoms with van der Waals surface area (Å²) in [6, 6.07) is 11.2. The minimum Gasteiger partial charge on any atom is -0.496 e. The molecule has 0 saturated carbocycles. The summed E-state index contributed by atoms with van der Waals surface area (Å²) in [5, 5.41) is 0. The van der Waals surface area contributed by atoms with Gasteiger partial charge in [-0.15, -0.1) is 12.4 Å². The molecule has 1 aromatic carbocycles. The van der Waals surface area contributed by atoms with Gasteiger partial charge in [0.05, 0.1) is 19.3 Å². The molecule has 0 spiro atoms. The number of hydrogen-bond acceptors (Lipinski definition) is 5. The molecular weight excluding hydrogens is 330 g/mol. The number of pyridine rings is 1. The van der Waals surface area contributed by atoms with Crippen LogP contribution in [0.4, 0.5) is 0 Å². The number of hydrogen-bond donors (Lipinski definition) is 0. The van der Waals surface area contributed by atoms with Gasteiger partial charge in [0.1, 0.15) is 23.6 Å². The predicted octanol–water partition coefficient (Wildman–Crippen LogP) is 3.09. The van der Waals surface area contributed by atoms with Crippen molar-refractivity contribution in [3.05, 3.63) is 42.6 Å². The van der Waals surface area contributed by atoms with Gasteiger partial charge in [0.25, 0.3) is 0 Å². The highest BCUT2D eigenvalue weighted by Crippen LogP contribution is 2.31. The van der Waals surface area contributed by atoms with Crippen LogP contribution >= 0.6 is 12.4 Å². The van der Waals surface area contributed by atoms with Crippen LogP contribution in [-0.4, -0.2) is 34.2 Å². The van der Waals surface area contributed by atoms with E-state index < -0.39 is 0 Å². The number of para-hydroxylation sites is 1. The van der Waals surface area contributed by atoms with Crippen LogP contribution in [-0.2, 0) is 16.1 Å². The van der Waals surface area contributed by atoms with Crippen molar-refractivity contribution in [2.45, 2.75) is 13.5 Å². The summed E-state index contributed by atoms with van der Waals surface area (Å²) < 4.78 is 12.2. The van der Waals surface area contributed by atoms with Crippen molar-refractivity contribution in [3.63, 3.8) is 0 Å². The third-order valence-electron chi connectivity index (χ3n) is 3.44. The van der Waals surface area contributed by atoms with Gasteiger partial charge in [-0.2, -0.15) is 0 Å². The normalized spacial score (nSPS) is 10.2. The van der Waals surface area contributed by atoms with Gasteiger partial charge in [0, 0.05) is 6.20 Å². The monoisotopic (exact) mass is 347 g/mol. The molecule has 0 saturated heterocycles. The molecule has 24 heavy (non-hydrogen) atoms. The lowest BCUT2D eigenvalue weighted by atomic mass is 10.2. The van der Waals surface area contributed by atoms with Gasteiger partial charge in [0.15, 0.2) is 5.65 Å². The van der Waals surface area contributed by atoms with Gasteiger partial charge in [-0.3, -0.25) is 9.36 Å². The standard InChI is InChI=1S/C17H17N3O3.ClH/c1-3-23-15(21)11-20-16(12-7-4-5-9-14(12)22-2)19-13-8-6-10-18-17(13)20;/h4-10H,3,11H2,1-2H3;1H. The van der Waals surface area contributed by atoms with Gasteiger partial charge in [-0.1, -0.05) is 12.1 Å². The van der Waals surface area contributed by atoms with Crippen LogP contribution in [0.3, 0.4) is 0 Å². The first-order valence-electron chi connectivity index (χ1n) is 7.35. The van der Waals surface area contributed by atoms with Gasteiger partial charge in [0.2, 0.25) is 0 Å². The first-order chi connectivity index (χ1) is 11.2. The zero-order chi connectivity index (χ0) is 16.2. The molecule has 6 nitrogen and oxygen atoms in total. The smallest absolute Gasteiger partial charge is 0.326 e. The van der Waals surface area contributed by atoms with Crippen LogP contribution in [0.25, 0.3) is 22.6 Å². The van der Waals surface area contributed by atoms with Gasteiger partial charge in [-0.05, 0) is 31.2 Å². The van der Waals surface area contributed by atoms with E-state index in [0.717, 1.165) is 11.1 Å². The Bertz CT molecular complexity index is 848. The Hall–Kier alpha value is -2.60. The number of esters is 1. The van der Waals surface area contributed by atoms with E-state index in [2.05, 4.69) is 9.97 Å². The van der Waals surface area contributed by atoms with Crippen molar-refractivity contribution in [3.8, 4) is 17.1 Å². The van der Waals surface area contributed by atoms with Crippen molar-refractivity contribution >= 4 is 29.5 Å². The largest absolute Gasteiger partial charge is 0.496 e. The molecular formula is C17H18ClN3O3. The first kappa shape index (κ1) is 17.7. The molecule has 0 aliphatic carbocycles. The Morgan fingerprint density at radius 2 is 2.00 bits per heavy atom. The van der Waals surface area contributed by atoms with E-state index in [4.69, 9.17) is 9.47 Å². The highest BCUT2D eigenvalue weighted by atomic mass is 35.5. The molecule has 0 aliphatic heterocycles. The summed E-state index contributed by atoms with van der Waals surface area (Å²) in [5.74, 6) is 0.991. The molecule has 0 radical (unpaired) electrons. The minimum absolute atomic E-state index is 0. The molecule has 3 aromatic rings. The number of halogens is 1. The van der Waals surface area contributed by atoms with Crippen LogP contribution in [0.15, 0.2) is 42.6 Å². The van der Waals surface area contributed by atoms with Gasteiger partial charge < -0.3 is 9.47 Å². The lowest BCUT2D eigenvalue weighted by molar-refractivity contribution is -0.143. The SMILES string of the molecule is CCOC(=O)Cn1c(-c2ccccc2OC)nc2cccnc21.Cl. The molecule has 2 heterocycles. The Balaban J connectivity index is 0.00000208. The van der Waals surface area contributed by atoms with Gasteiger partial charge in [-0.25, -0.2) is 9.97 Å². The predicted molar refractivity (Wildman–Crippen MR) is 93.4 cm³/mol. The average Bonchev–Trinajstić information content (AvgIpc) is 2.93. The number of aromatic nitrogens is 3. The maximum Gasteiger partial charge on any atom is 0.326 e. The lowest BCUT2D eigenvalue weighted by Crippen LogP contribution is -2.14. The fourth-order valence-electron chi connectivity index (χ4n) is 2.48. The number of benzene rings is 1. The zero-order valence-corrected chi connectivity index (χ0v) is 14.2. The molecule has 3 rings (SSSR count). The number of rotatable bonds is 5. The maximum atomic E-state index is 12.0. The van der Waals surface area contributed by atoms with E-state index in [9.17, 15) is 4.79 Å². The van der Waals surface area contributed by atoms with Crippen molar-refractivity contribution in [1.29, 1.82) is 0 Å². The summed E-state index contributed by atoms with van der Waals surface area (Å²) in [4.78, 5) is 20.9. The first-order valence-corrected chi connectivity index (χ1v) is 7.35.